The molecule has 0 saturated carbocycles. The molecule has 1 atom stereocenters. The van der Waals surface area contributed by atoms with Crippen LogP contribution in [0.15, 0.2) is 28.8 Å². The van der Waals surface area contributed by atoms with E-state index < -0.39 is 6.10 Å². The Morgan fingerprint density at radius 1 is 1.38 bits per heavy atom. The molecule has 0 fully saturated rings. The van der Waals surface area contributed by atoms with E-state index in [9.17, 15) is 5.11 Å². The Labute approximate surface area is 94.5 Å². The molecule has 0 amide bonds. The first-order valence-corrected chi connectivity index (χ1v) is 5.54. The molecule has 0 radical (unpaired) electrons. The van der Waals surface area contributed by atoms with Gasteiger partial charge in [0.25, 0.3) is 0 Å². The van der Waals surface area contributed by atoms with Gasteiger partial charge in [0.15, 0.2) is 6.10 Å². The second kappa shape index (κ2) is 4.53. The van der Waals surface area contributed by atoms with Crippen LogP contribution in [0.5, 0.6) is 0 Å². The summed E-state index contributed by atoms with van der Waals surface area (Å²) in [7, 11) is 0. The molecule has 0 bridgehead atoms. The molecule has 4 heteroatoms. The normalized spacial score (nSPS) is 12.9. The Bertz CT molecular complexity index is 459. The standard InChI is InChI=1S/C12H16N2O2/c1-3-9-5-6-11(16-9)12(15)10-7-8-13-14(10)4-2/h5-8,12,15H,3-4H2,1-2H3. The van der Waals surface area contributed by atoms with Crippen LogP contribution in [0.2, 0.25) is 0 Å². The fourth-order valence-corrected chi connectivity index (χ4v) is 1.72. The lowest BCUT2D eigenvalue weighted by Gasteiger charge is -2.09. The van der Waals surface area contributed by atoms with Crippen molar-refractivity contribution in [1.29, 1.82) is 0 Å². The Morgan fingerprint density at radius 2 is 2.19 bits per heavy atom. The highest BCUT2D eigenvalue weighted by atomic mass is 16.4. The Balaban J connectivity index is 2.27. The Kier molecular flexibility index (Phi) is 3.10. The molecule has 2 rings (SSSR count). The third-order valence-electron chi connectivity index (χ3n) is 2.63. The monoisotopic (exact) mass is 220 g/mol. The maximum Gasteiger partial charge on any atom is 0.153 e. The molecular weight excluding hydrogens is 204 g/mol. The third kappa shape index (κ3) is 1.88. The van der Waals surface area contributed by atoms with Gasteiger partial charge >= 0.3 is 0 Å². The lowest BCUT2D eigenvalue weighted by Crippen LogP contribution is -2.08. The molecule has 1 N–H and O–H groups in total. The lowest BCUT2D eigenvalue weighted by atomic mass is 10.2. The fraction of sp³-hybridized carbons (Fsp3) is 0.417. The van der Waals surface area contributed by atoms with E-state index in [2.05, 4.69) is 5.10 Å². The SMILES string of the molecule is CCc1ccc(C(O)c2ccnn2CC)o1. The maximum atomic E-state index is 10.1. The molecule has 16 heavy (non-hydrogen) atoms. The first-order chi connectivity index (χ1) is 7.76. The number of aliphatic hydroxyl groups excluding tert-OH is 1. The summed E-state index contributed by atoms with van der Waals surface area (Å²) >= 11 is 0. The summed E-state index contributed by atoms with van der Waals surface area (Å²) in [5, 5.41) is 14.3. The van der Waals surface area contributed by atoms with Gasteiger partial charge in [-0.25, -0.2) is 0 Å². The molecule has 1 unspecified atom stereocenters. The minimum absolute atomic E-state index is 0.576. The van der Waals surface area contributed by atoms with Crippen molar-refractivity contribution in [3.8, 4) is 0 Å². The zero-order valence-electron chi connectivity index (χ0n) is 9.55. The van der Waals surface area contributed by atoms with Gasteiger partial charge in [0.2, 0.25) is 0 Å². The van der Waals surface area contributed by atoms with Gasteiger partial charge in [-0.3, -0.25) is 4.68 Å². The van der Waals surface area contributed by atoms with E-state index in [-0.39, 0.29) is 0 Å². The number of rotatable bonds is 4. The molecule has 86 valence electrons. The molecule has 0 spiro atoms. The van der Waals surface area contributed by atoms with Gasteiger partial charge in [-0.1, -0.05) is 6.92 Å². The van der Waals surface area contributed by atoms with Crippen molar-refractivity contribution in [2.24, 2.45) is 0 Å². The van der Waals surface area contributed by atoms with Gasteiger partial charge < -0.3 is 9.52 Å². The van der Waals surface area contributed by atoms with Crippen molar-refractivity contribution < 1.29 is 9.52 Å². The van der Waals surface area contributed by atoms with Crippen molar-refractivity contribution in [1.82, 2.24) is 9.78 Å². The predicted octanol–water partition coefficient (Wildman–Crippen LogP) is 2.14. The maximum absolute atomic E-state index is 10.1. The number of aromatic nitrogens is 2. The molecule has 0 aliphatic rings. The number of nitrogens with zero attached hydrogens (tertiary/aromatic N) is 2. The number of hydrogen-bond donors (Lipinski definition) is 1. The fourth-order valence-electron chi connectivity index (χ4n) is 1.72. The van der Waals surface area contributed by atoms with Crippen molar-refractivity contribution in [2.45, 2.75) is 32.9 Å². The minimum atomic E-state index is -0.734. The van der Waals surface area contributed by atoms with E-state index in [4.69, 9.17) is 4.42 Å². The van der Waals surface area contributed by atoms with E-state index in [1.165, 1.54) is 0 Å². The van der Waals surface area contributed by atoms with Crippen molar-refractivity contribution >= 4 is 0 Å². The van der Waals surface area contributed by atoms with Gasteiger partial charge in [-0.2, -0.15) is 5.10 Å². The number of aryl methyl sites for hydroxylation is 2. The van der Waals surface area contributed by atoms with Crippen LogP contribution in [-0.4, -0.2) is 14.9 Å². The highest BCUT2D eigenvalue weighted by Crippen LogP contribution is 2.23. The second-order valence-electron chi connectivity index (χ2n) is 3.63. The van der Waals surface area contributed by atoms with Gasteiger partial charge in [0.1, 0.15) is 11.5 Å². The number of hydrogen-bond acceptors (Lipinski definition) is 3. The van der Waals surface area contributed by atoms with Gasteiger partial charge in [-0.05, 0) is 25.1 Å². The summed E-state index contributed by atoms with van der Waals surface area (Å²) in [6, 6.07) is 5.52. The molecule has 2 aromatic heterocycles. The molecule has 0 aliphatic carbocycles. The summed E-state index contributed by atoms with van der Waals surface area (Å²) in [6.45, 7) is 4.74. The topological polar surface area (TPSA) is 51.2 Å². The summed E-state index contributed by atoms with van der Waals surface area (Å²) in [4.78, 5) is 0. The Morgan fingerprint density at radius 3 is 2.81 bits per heavy atom. The van der Waals surface area contributed by atoms with Crippen LogP contribution in [-0.2, 0) is 13.0 Å². The van der Waals surface area contributed by atoms with Gasteiger partial charge in [0, 0.05) is 19.2 Å². The van der Waals surface area contributed by atoms with E-state index in [1.54, 1.807) is 10.9 Å². The molecule has 2 aromatic rings. The summed E-state index contributed by atoms with van der Waals surface area (Å²) in [5.74, 6) is 1.46. The van der Waals surface area contributed by atoms with Crippen LogP contribution in [0, 0.1) is 0 Å². The van der Waals surface area contributed by atoms with E-state index in [0.29, 0.717) is 5.76 Å². The smallest absolute Gasteiger partial charge is 0.153 e. The lowest BCUT2D eigenvalue weighted by molar-refractivity contribution is 0.176. The van der Waals surface area contributed by atoms with Crippen molar-refractivity contribution in [2.75, 3.05) is 0 Å². The van der Waals surface area contributed by atoms with Crippen molar-refractivity contribution in [3.63, 3.8) is 0 Å². The first-order valence-electron chi connectivity index (χ1n) is 5.54. The largest absolute Gasteiger partial charge is 0.463 e. The quantitative estimate of drug-likeness (QED) is 0.858. The predicted molar refractivity (Wildman–Crippen MR) is 60.0 cm³/mol. The number of aliphatic hydroxyl groups is 1. The average molecular weight is 220 g/mol. The van der Waals surface area contributed by atoms with E-state index in [0.717, 1.165) is 24.4 Å². The molecule has 4 nitrogen and oxygen atoms in total. The average Bonchev–Trinajstić information content (AvgIpc) is 2.96. The first kappa shape index (κ1) is 11.0. The molecule has 0 saturated heterocycles. The van der Waals surface area contributed by atoms with Crippen LogP contribution in [0.4, 0.5) is 0 Å². The molecule has 2 heterocycles. The summed E-state index contributed by atoms with van der Waals surface area (Å²) in [6.07, 6.45) is 1.79. The van der Waals surface area contributed by atoms with Crippen LogP contribution in [0.3, 0.4) is 0 Å². The Hall–Kier alpha value is -1.55. The summed E-state index contributed by atoms with van der Waals surface area (Å²) < 4.78 is 7.29. The van der Waals surface area contributed by atoms with Crippen LogP contribution >= 0.6 is 0 Å². The van der Waals surface area contributed by atoms with Crippen LogP contribution in [0.1, 0.15) is 37.2 Å². The van der Waals surface area contributed by atoms with Gasteiger partial charge in [-0.15, -0.1) is 0 Å². The summed E-state index contributed by atoms with van der Waals surface area (Å²) in [5.41, 5.74) is 0.763. The highest BCUT2D eigenvalue weighted by molar-refractivity contribution is 5.19. The highest BCUT2D eigenvalue weighted by Gasteiger charge is 2.18. The van der Waals surface area contributed by atoms with Crippen molar-refractivity contribution in [3.05, 3.63) is 41.6 Å². The van der Waals surface area contributed by atoms with E-state index in [1.807, 2.05) is 32.0 Å². The van der Waals surface area contributed by atoms with Crippen LogP contribution in [0.25, 0.3) is 0 Å². The number of furan rings is 1. The third-order valence-corrected chi connectivity index (χ3v) is 2.63. The minimum Gasteiger partial charge on any atom is -0.463 e. The second-order valence-corrected chi connectivity index (χ2v) is 3.63. The molecule has 0 aliphatic heterocycles. The van der Waals surface area contributed by atoms with Gasteiger partial charge in [0.05, 0.1) is 5.69 Å². The zero-order valence-corrected chi connectivity index (χ0v) is 9.55. The van der Waals surface area contributed by atoms with E-state index >= 15 is 0 Å². The molecular formula is C12H16N2O2. The molecule has 0 aromatic carbocycles. The zero-order chi connectivity index (χ0) is 11.5. The van der Waals surface area contributed by atoms with Crippen LogP contribution < -0.4 is 0 Å².